The minimum atomic E-state index is -0.649. The van der Waals surface area contributed by atoms with E-state index in [1.54, 1.807) is 41.3 Å². The predicted octanol–water partition coefficient (Wildman–Crippen LogP) is 2.61. The Morgan fingerprint density at radius 1 is 0.806 bits per heavy atom. The zero-order chi connectivity index (χ0) is 24.6. The van der Waals surface area contributed by atoms with E-state index < -0.39 is 6.17 Å². The molecule has 0 saturated carbocycles. The summed E-state index contributed by atoms with van der Waals surface area (Å²) in [4.78, 5) is 58.1. The Balaban J connectivity index is 1.22. The largest absolute Gasteiger partial charge is 0.340 e. The van der Waals surface area contributed by atoms with E-state index in [-0.39, 0.29) is 41.7 Å². The first kappa shape index (κ1) is 21.1. The van der Waals surface area contributed by atoms with Gasteiger partial charge in [0.2, 0.25) is 5.91 Å². The van der Waals surface area contributed by atoms with Gasteiger partial charge in [-0.25, -0.2) is 0 Å². The zero-order valence-corrected chi connectivity index (χ0v) is 19.5. The molecule has 1 aromatic heterocycles. The maximum Gasteiger partial charge on any atom is 0.260 e. The third-order valence-electron chi connectivity index (χ3n) is 8.02. The van der Waals surface area contributed by atoms with E-state index >= 15 is 0 Å². The van der Waals surface area contributed by atoms with Crippen LogP contribution >= 0.6 is 0 Å². The zero-order valence-electron chi connectivity index (χ0n) is 19.5. The molecule has 0 unspecified atom stereocenters. The number of hydrogen-bond acceptors (Lipinski definition) is 4. The van der Waals surface area contributed by atoms with E-state index in [4.69, 9.17) is 0 Å². The number of fused-ring (bicyclic) bond motifs is 9. The molecule has 0 aliphatic carbocycles. The van der Waals surface area contributed by atoms with E-state index in [0.29, 0.717) is 36.4 Å². The fraction of sp³-hybridized carbons (Fsp3) is 0.286. The summed E-state index contributed by atoms with van der Waals surface area (Å²) in [7, 11) is 0. The summed E-state index contributed by atoms with van der Waals surface area (Å²) in [6.45, 7) is 1.56. The Labute approximate surface area is 207 Å². The monoisotopic (exact) mass is 480 g/mol. The molecule has 3 aromatic rings. The van der Waals surface area contributed by atoms with Gasteiger partial charge < -0.3 is 14.4 Å². The third kappa shape index (κ3) is 2.93. The Morgan fingerprint density at radius 2 is 1.58 bits per heavy atom. The summed E-state index contributed by atoms with van der Waals surface area (Å²) in [6.07, 6.45) is 0.297. The topological polar surface area (TPSA) is 82.9 Å². The second kappa shape index (κ2) is 7.65. The van der Waals surface area contributed by atoms with Crippen molar-refractivity contribution in [3.63, 3.8) is 0 Å². The SMILES string of the molecule is O=C(CN1C(=O)c2ccccc2N2C(=O)c3ccccc3[C@H]12)N1C[C@@H]2C[C@H](C1)c1cccc(=O)n1C2. The highest BCUT2D eigenvalue weighted by molar-refractivity contribution is 6.17. The summed E-state index contributed by atoms with van der Waals surface area (Å²) < 4.78 is 1.84. The molecule has 1 saturated heterocycles. The molecule has 4 aliphatic heterocycles. The summed E-state index contributed by atoms with van der Waals surface area (Å²) in [5, 5.41) is 0. The molecule has 36 heavy (non-hydrogen) atoms. The Kier molecular flexibility index (Phi) is 4.49. The standard InChI is InChI=1S/C28H24N4O4/c33-24-11-5-10-22-18-12-17(14-30(22)24)13-29(15-18)25(34)16-31-26-19-6-1-2-7-20(19)28(36)32(26)23-9-4-3-8-21(23)27(31)35/h1-11,17-18,26H,12-16H2/t17-,18+,26+/m0/s1. The van der Waals surface area contributed by atoms with Crippen molar-refractivity contribution in [3.05, 3.63) is 99.5 Å². The molecule has 0 spiro atoms. The molecule has 0 radical (unpaired) electrons. The van der Waals surface area contributed by atoms with Crippen LogP contribution in [-0.4, -0.2) is 51.7 Å². The van der Waals surface area contributed by atoms with Crippen LogP contribution in [0.3, 0.4) is 0 Å². The number of aromatic nitrogens is 1. The Morgan fingerprint density at radius 3 is 2.44 bits per heavy atom. The molecule has 1 fully saturated rings. The molecule has 5 heterocycles. The highest BCUT2D eigenvalue weighted by atomic mass is 16.2. The summed E-state index contributed by atoms with van der Waals surface area (Å²) in [5.41, 5.74) is 3.27. The van der Waals surface area contributed by atoms with Crippen LogP contribution in [0.2, 0.25) is 0 Å². The number of hydrogen-bond donors (Lipinski definition) is 0. The second-order valence-electron chi connectivity index (χ2n) is 10.1. The van der Waals surface area contributed by atoms with Crippen molar-refractivity contribution in [2.45, 2.75) is 25.0 Å². The van der Waals surface area contributed by atoms with Crippen LogP contribution in [0.15, 0.2) is 71.5 Å². The smallest absolute Gasteiger partial charge is 0.260 e. The fourth-order valence-electron chi connectivity index (χ4n) is 6.48. The van der Waals surface area contributed by atoms with E-state index in [1.807, 2.05) is 39.8 Å². The van der Waals surface area contributed by atoms with Gasteiger partial charge >= 0.3 is 0 Å². The van der Waals surface area contributed by atoms with Gasteiger partial charge in [0.15, 0.2) is 0 Å². The number of nitrogens with zero attached hydrogens (tertiary/aromatic N) is 4. The number of carbonyl (C=O) groups excluding carboxylic acids is 3. The van der Waals surface area contributed by atoms with Gasteiger partial charge in [-0.3, -0.25) is 24.1 Å². The number of likely N-dealkylation sites (tertiary alicyclic amines) is 1. The average molecular weight is 481 g/mol. The van der Waals surface area contributed by atoms with Crippen molar-refractivity contribution in [2.24, 2.45) is 5.92 Å². The molecule has 7 rings (SSSR count). The summed E-state index contributed by atoms with van der Waals surface area (Å²) in [5.74, 6) is -0.260. The molecule has 2 aromatic carbocycles. The van der Waals surface area contributed by atoms with Crippen molar-refractivity contribution < 1.29 is 14.4 Å². The number of carbonyl (C=O) groups is 3. The van der Waals surface area contributed by atoms with Crippen LogP contribution in [0.4, 0.5) is 5.69 Å². The average Bonchev–Trinajstić information content (AvgIpc) is 3.19. The van der Waals surface area contributed by atoms with Gasteiger partial charge in [0.05, 0.1) is 11.3 Å². The van der Waals surface area contributed by atoms with Gasteiger partial charge in [-0.15, -0.1) is 0 Å². The lowest BCUT2D eigenvalue weighted by atomic mass is 9.83. The van der Waals surface area contributed by atoms with Crippen LogP contribution in [0.25, 0.3) is 0 Å². The lowest BCUT2D eigenvalue weighted by molar-refractivity contribution is -0.135. The highest BCUT2D eigenvalue weighted by Crippen LogP contribution is 2.45. The maximum atomic E-state index is 13.7. The third-order valence-corrected chi connectivity index (χ3v) is 8.02. The van der Waals surface area contributed by atoms with E-state index in [1.165, 1.54) is 4.90 Å². The van der Waals surface area contributed by atoms with Crippen LogP contribution in [-0.2, 0) is 11.3 Å². The van der Waals surface area contributed by atoms with Gasteiger partial charge in [0.25, 0.3) is 17.4 Å². The van der Waals surface area contributed by atoms with Crippen molar-refractivity contribution in [3.8, 4) is 0 Å². The van der Waals surface area contributed by atoms with Gasteiger partial charge in [0.1, 0.15) is 12.7 Å². The lowest BCUT2D eigenvalue weighted by Gasteiger charge is -2.44. The number of rotatable bonds is 2. The van der Waals surface area contributed by atoms with Crippen molar-refractivity contribution in [1.29, 1.82) is 0 Å². The normalized spacial score (nSPS) is 23.7. The molecule has 2 bridgehead atoms. The minimum absolute atomic E-state index is 0.00390. The van der Waals surface area contributed by atoms with Gasteiger partial charge in [0, 0.05) is 48.4 Å². The number of piperidine rings is 1. The van der Waals surface area contributed by atoms with Crippen molar-refractivity contribution >= 4 is 23.4 Å². The fourth-order valence-corrected chi connectivity index (χ4v) is 6.48. The molecular formula is C28H24N4O4. The molecule has 3 amide bonds. The van der Waals surface area contributed by atoms with E-state index in [9.17, 15) is 19.2 Å². The first-order valence-electron chi connectivity index (χ1n) is 12.3. The molecule has 0 N–H and O–H groups in total. The van der Waals surface area contributed by atoms with E-state index in [0.717, 1.165) is 17.7 Å². The van der Waals surface area contributed by atoms with Gasteiger partial charge in [-0.05, 0) is 36.6 Å². The first-order valence-corrected chi connectivity index (χ1v) is 12.3. The number of para-hydroxylation sites is 1. The van der Waals surface area contributed by atoms with Crippen LogP contribution < -0.4 is 10.5 Å². The van der Waals surface area contributed by atoms with E-state index in [2.05, 4.69) is 0 Å². The lowest BCUT2D eigenvalue weighted by Crippen LogP contribution is -2.54. The quantitative estimate of drug-likeness (QED) is 0.565. The molecule has 8 heteroatoms. The second-order valence-corrected chi connectivity index (χ2v) is 10.1. The number of pyridine rings is 1. The Hall–Kier alpha value is -4.20. The first-order chi connectivity index (χ1) is 17.5. The van der Waals surface area contributed by atoms with Crippen LogP contribution in [0, 0.1) is 5.92 Å². The predicted molar refractivity (Wildman–Crippen MR) is 132 cm³/mol. The molecule has 8 nitrogen and oxygen atoms in total. The number of benzene rings is 2. The molecule has 3 atom stereocenters. The van der Waals surface area contributed by atoms with Crippen LogP contribution in [0.5, 0.6) is 0 Å². The number of amides is 3. The molecule has 180 valence electrons. The molecule has 4 aliphatic rings. The maximum absolute atomic E-state index is 13.7. The Bertz CT molecular complexity index is 1510. The summed E-state index contributed by atoms with van der Waals surface area (Å²) in [6, 6.07) is 19.7. The minimum Gasteiger partial charge on any atom is -0.340 e. The van der Waals surface area contributed by atoms with Crippen molar-refractivity contribution in [2.75, 3.05) is 24.5 Å². The van der Waals surface area contributed by atoms with Crippen molar-refractivity contribution in [1.82, 2.24) is 14.4 Å². The van der Waals surface area contributed by atoms with Crippen LogP contribution in [0.1, 0.15) is 50.5 Å². The molecular weight excluding hydrogens is 456 g/mol. The highest BCUT2D eigenvalue weighted by Gasteiger charge is 2.48. The van der Waals surface area contributed by atoms with Gasteiger partial charge in [-0.2, -0.15) is 0 Å². The summed E-state index contributed by atoms with van der Waals surface area (Å²) >= 11 is 0. The van der Waals surface area contributed by atoms with Gasteiger partial charge in [-0.1, -0.05) is 36.4 Å². The number of anilines is 1.